The van der Waals surface area contributed by atoms with Crippen molar-refractivity contribution < 1.29 is 9.59 Å². The standard InChI is InChI=1S/C10H9BrN2O2/c1-6-7(11)2-3-8(12-6)13-9(14)4-5-10(13)15/h2-3H,4-5H2,1H3. The van der Waals surface area contributed by atoms with Crippen LogP contribution in [0.1, 0.15) is 18.5 Å². The Morgan fingerprint density at radius 3 is 2.40 bits per heavy atom. The third-order valence-corrected chi connectivity index (χ3v) is 3.13. The van der Waals surface area contributed by atoms with Crippen molar-refractivity contribution in [2.45, 2.75) is 19.8 Å². The lowest BCUT2D eigenvalue weighted by molar-refractivity contribution is -0.121. The molecule has 0 spiro atoms. The number of halogens is 1. The van der Waals surface area contributed by atoms with E-state index in [1.54, 1.807) is 12.1 Å². The van der Waals surface area contributed by atoms with Crippen LogP contribution in [0.4, 0.5) is 5.82 Å². The van der Waals surface area contributed by atoms with Gasteiger partial charge >= 0.3 is 0 Å². The summed E-state index contributed by atoms with van der Waals surface area (Å²) in [7, 11) is 0. The average Bonchev–Trinajstić information content (AvgIpc) is 2.52. The van der Waals surface area contributed by atoms with E-state index in [1.165, 1.54) is 0 Å². The van der Waals surface area contributed by atoms with Gasteiger partial charge in [0.1, 0.15) is 5.82 Å². The predicted molar refractivity (Wildman–Crippen MR) is 58.4 cm³/mol. The van der Waals surface area contributed by atoms with Gasteiger partial charge < -0.3 is 0 Å². The van der Waals surface area contributed by atoms with Gasteiger partial charge in [-0.3, -0.25) is 9.59 Å². The van der Waals surface area contributed by atoms with E-state index in [0.717, 1.165) is 15.1 Å². The number of amides is 2. The number of carbonyl (C=O) groups is 2. The van der Waals surface area contributed by atoms with Crippen LogP contribution < -0.4 is 4.90 Å². The summed E-state index contributed by atoms with van der Waals surface area (Å²) in [6, 6.07) is 3.45. The van der Waals surface area contributed by atoms with Crippen LogP contribution in [-0.4, -0.2) is 16.8 Å². The van der Waals surface area contributed by atoms with Crippen molar-refractivity contribution in [3.63, 3.8) is 0 Å². The van der Waals surface area contributed by atoms with E-state index >= 15 is 0 Å². The molecule has 1 aliphatic heterocycles. The van der Waals surface area contributed by atoms with Gasteiger partial charge in [-0.2, -0.15) is 0 Å². The number of imide groups is 1. The maximum Gasteiger partial charge on any atom is 0.235 e. The quantitative estimate of drug-likeness (QED) is 0.730. The molecule has 2 heterocycles. The van der Waals surface area contributed by atoms with Crippen molar-refractivity contribution in [3.8, 4) is 0 Å². The molecular weight excluding hydrogens is 260 g/mol. The van der Waals surface area contributed by atoms with E-state index in [1.807, 2.05) is 6.92 Å². The molecule has 0 aliphatic carbocycles. The van der Waals surface area contributed by atoms with E-state index in [0.29, 0.717) is 5.82 Å². The van der Waals surface area contributed by atoms with Gasteiger partial charge in [0.15, 0.2) is 0 Å². The summed E-state index contributed by atoms with van der Waals surface area (Å²) < 4.78 is 0.866. The van der Waals surface area contributed by atoms with Crippen molar-refractivity contribution in [1.82, 2.24) is 4.98 Å². The Hall–Kier alpha value is -1.23. The SMILES string of the molecule is Cc1nc(N2C(=O)CCC2=O)ccc1Br. The van der Waals surface area contributed by atoms with Gasteiger partial charge in [-0.25, -0.2) is 9.88 Å². The molecule has 0 aromatic carbocycles. The highest BCUT2D eigenvalue weighted by Gasteiger charge is 2.31. The van der Waals surface area contributed by atoms with E-state index in [-0.39, 0.29) is 24.7 Å². The summed E-state index contributed by atoms with van der Waals surface area (Å²) in [4.78, 5) is 28.2. The number of nitrogens with zero attached hydrogens (tertiary/aromatic N) is 2. The van der Waals surface area contributed by atoms with Gasteiger partial charge in [0.2, 0.25) is 11.8 Å². The number of anilines is 1. The van der Waals surface area contributed by atoms with Crippen LogP contribution in [0.5, 0.6) is 0 Å². The number of carbonyl (C=O) groups excluding carboxylic acids is 2. The minimum Gasteiger partial charge on any atom is -0.274 e. The first-order valence-corrected chi connectivity index (χ1v) is 5.38. The lowest BCUT2D eigenvalue weighted by Gasteiger charge is -2.13. The molecule has 4 nitrogen and oxygen atoms in total. The Labute approximate surface area is 95.4 Å². The summed E-state index contributed by atoms with van der Waals surface area (Å²) >= 11 is 3.32. The second kappa shape index (κ2) is 3.73. The second-order valence-electron chi connectivity index (χ2n) is 3.36. The first-order valence-electron chi connectivity index (χ1n) is 4.58. The molecule has 1 saturated heterocycles. The molecule has 1 fully saturated rings. The molecule has 0 N–H and O–H groups in total. The van der Waals surface area contributed by atoms with E-state index < -0.39 is 0 Å². The molecule has 0 bridgehead atoms. The van der Waals surface area contributed by atoms with Crippen LogP contribution in [-0.2, 0) is 9.59 Å². The number of rotatable bonds is 1. The van der Waals surface area contributed by atoms with Gasteiger partial charge in [0, 0.05) is 17.3 Å². The highest BCUT2D eigenvalue weighted by atomic mass is 79.9. The van der Waals surface area contributed by atoms with Crippen LogP contribution >= 0.6 is 15.9 Å². The highest BCUT2D eigenvalue weighted by molar-refractivity contribution is 9.10. The topological polar surface area (TPSA) is 50.3 Å². The molecule has 15 heavy (non-hydrogen) atoms. The predicted octanol–water partition coefficient (Wildman–Crippen LogP) is 1.81. The Morgan fingerprint density at radius 1 is 1.27 bits per heavy atom. The Balaban J connectivity index is 2.41. The summed E-state index contributed by atoms with van der Waals surface area (Å²) in [5, 5.41) is 0. The number of aromatic nitrogens is 1. The van der Waals surface area contributed by atoms with Crippen LogP contribution in [0.2, 0.25) is 0 Å². The Morgan fingerprint density at radius 2 is 1.87 bits per heavy atom. The van der Waals surface area contributed by atoms with Crippen molar-refractivity contribution in [2.75, 3.05) is 4.90 Å². The second-order valence-corrected chi connectivity index (χ2v) is 4.21. The molecule has 1 aliphatic rings. The smallest absolute Gasteiger partial charge is 0.235 e. The fraction of sp³-hybridized carbons (Fsp3) is 0.300. The highest BCUT2D eigenvalue weighted by Crippen LogP contribution is 2.23. The zero-order valence-electron chi connectivity index (χ0n) is 8.16. The van der Waals surface area contributed by atoms with Crippen molar-refractivity contribution >= 4 is 33.6 Å². The Kier molecular flexibility index (Phi) is 2.56. The Bertz CT molecular complexity index is 429. The maximum atomic E-state index is 11.4. The third kappa shape index (κ3) is 1.79. The lowest BCUT2D eigenvalue weighted by Crippen LogP contribution is -2.29. The summed E-state index contributed by atoms with van der Waals surface area (Å²) in [6.07, 6.45) is 0.575. The monoisotopic (exact) mass is 268 g/mol. The molecule has 0 saturated carbocycles. The van der Waals surface area contributed by atoms with Crippen molar-refractivity contribution in [3.05, 3.63) is 22.3 Å². The lowest BCUT2D eigenvalue weighted by atomic mass is 10.3. The van der Waals surface area contributed by atoms with Crippen LogP contribution in [0, 0.1) is 6.92 Å². The molecule has 0 atom stereocenters. The van der Waals surface area contributed by atoms with Crippen LogP contribution in [0.25, 0.3) is 0 Å². The zero-order chi connectivity index (χ0) is 11.0. The molecular formula is C10H9BrN2O2. The van der Waals surface area contributed by atoms with Crippen LogP contribution in [0.3, 0.4) is 0 Å². The minimum absolute atomic E-state index is 0.172. The van der Waals surface area contributed by atoms with Crippen molar-refractivity contribution in [1.29, 1.82) is 0 Å². The maximum absolute atomic E-state index is 11.4. The summed E-state index contributed by atoms with van der Waals surface area (Å²) in [6.45, 7) is 1.82. The fourth-order valence-electron chi connectivity index (χ4n) is 1.49. The number of hydrogen-bond acceptors (Lipinski definition) is 3. The molecule has 2 amide bonds. The van der Waals surface area contributed by atoms with Gasteiger partial charge in [0.25, 0.3) is 0 Å². The number of pyridine rings is 1. The molecule has 1 aromatic rings. The van der Waals surface area contributed by atoms with Gasteiger partial charge in [0.05, 0.1) is 5.69 Å². The molecule has 1 aromatic heterocycles. The zero-order valence-corrected chi connectivity index (χ0v) is 9.74. The molecule has 5 heteroatoms. The number of hydrogen-bond donors (Lipinski definition) is 0. The van der Waals surface area contributed by atoms with Crippen LogP contribution in [0.15, 0.2) is 16.6 Å². The van der Waals surface area contributed by atoms with E-state index in [4.69, 9.17) is 0 Å². The first-order chi connectivity index (χ1) is 7.09. The fourth-order valence-corrected chi connectivity index (χ4v) is 1.71. The number of aryl methyl sites for hydroxylation is 1. The molecule has 0 unspecified atom stereocenters. The summed E-state index contributed by atoms with van der Waals surface area (Å²) in [5.74, 6) is 0.0756. The van der Waals surface area contributed by atoms with Gasteiger partial charge in [-0.05, 0) is 35.0 Å². The molecule has 78 valence electrons. The summed E-state index contributed by atoms with van der Waals surface area (Å²) in [5.41, 5.74) is 0.764. The van der Waals surface area contributed by atoms with Crippen molar-refractivity contribution in [2.24, 2.45) is 0 Å². The van der Waals surface area contributed by atoms with E-state index in [2.05, 4.69) is 20.9 Å². The van der Waals surface area contributed by atoms with Gasteiger partial charge in [-0.1, -0.05) is 0 Å². The minimum atomic E-state index is -0.172. The molecule has 0 radical (unpaired) electrons. The molecule has 2 rings (SSSR count). The normalized spacial score (nSPS) is 16.3. The first kappa shape index (κ1) is 10.3. The third-order valence-electron chi connectivity index (χ3n) is 2.29. The largest absolute Gasteiger partial charge is 0.274 e. The average molecular weight is 269 g/mol. The van der Waals surface area contributed by atoms with E-state index in [9.17, 15) is 9.59 Å². The van der Waals surface area contributed by atoms with Gasteiger partial charge in [-0.15, -0.1) is 0 Å².